The van der Waals surface area contributed by atoms with Crippen LogP contribution in [0.2, 0.25) is 0 Å². The maximum atomic E-state index is 8.27. The predicted molar refractivity (Wildman–Crippen MR) is 88.6 cm³/mol. The van der Waals surface area contributed by atoms with Crippen molar-refractivity contribution in [1.29, 1.82) is 5.41 Å². The molecule has 0 atom stereocenters. The van der Waals surface area contributed by atoms with Crippen molar-refractivity contribution in [1.82, 2.24) is 19.1 Å². The molecule has 2 aromatic heterocycles. The Kier molecular flexibility index (Phi) is 4.26. The number of rotatable bonds is 0. The standard InChI is InChI=1S/C14H21N9/c15-11(16)20-12(17)23-13-18-5-9-21(13)7-3-1-2-4-8-22-10-6-19-14(22)23/h5-6,9-10H,1-4,7-8H2,(H5,15,16,17,20). The number of guanidine groups is 2. The van der Waals surface area contributed by atoms with Crippen molar-refractivity contribution in [2.24, 2.45) is 16.5 Å². The van der Waals surface area contributed by atoms with Crippen LogP contribution in [0.4, 0.5) is 11.9 Å². The Labute approximate surface area is 134 Å². The highest BCUT2D eigenvalue weighted by Gasteiger charge is 2.24. The molecule has 0 saturated carbocycles. The lowest BCUT2D eigenvalue weighted by Gasteiger charge is -2.22. The molecule has 9 heteroatoms. The van der Waals surface area contributed by atoms with Gasteiger partial charge in [0, 0.05) is 37.9 Å². The molecule has 0 aromatic carbocycles. The number of aromatic nitrogens is 4. The Morgan fingerprint density at radius 1 is 0.957 bits per heavy atom. The summed E-state index contributed by atoms with van der Waals surface area (Å²) >= 11 is 0. The molecule has 0 amide bonds. The minimum absolute atomic E-state index is 0.107. The van der Waals surface area contributed by atoms with Gasteiger partial charge in [-0.15, -0.1) is 0 Å². The van der Waals surface area contributed by atoms with Crippen LogP contribution in [0.25, 0.3) is 0 Å². The topological polar surface area (TPSA) is 127 Å². The highest BCUT2D eigenvalue weighted by Crippen LogP contribution is 2.25. The Hall–Kier alpha value is -2.84. The fraction of sp³-hybridized carbons (Fsp3) is 0.429. The van der Waals surface area contributed by atoms with Crippen LogP contribution in [0.1, 0.15) is 25.7 Å². The molecule has 0 spiro atoms. The minimum Gasteiger partial charge on any atom is -0.370 e. The van der Waals surface area contributed by atoms with Crippen LogP contribution in [-0.2, 0) is 13.1 Å². The van der Waals surface area contributed by atoms with Crippen LogP contribution >= 0.6 is 0 Å². The fourth-order valence-electron chi connectivity index (χ4n) is 2.73. The first kappa shape index (κ1) is 15.1. The largest absolute Gasteiger partial charge is 0.370 e. The lowest BCUT2D eigenvalue weighted by atomic mass is 10.2. The molecule has 1 aliphatic heterocycles. The first-order chi connectivity index (χ1) is 11.2. The Bertz CT molecular complexity index is 661. The quantitative estimate of drug-likeness (QED) is 0.493. The molecule has 3 heterocycles. The number of hydrogen-bond donors (Lipinski definition) is 3. The molecule has 0 fully saturated rings. The van der Waals surface area contributed by atoms with Crippen molar-refractivity contribution in [3.8, 4) is 0 Å². The van der Waals surface area contributed by atoms with Crippen molar-refractivity contribution in [2.45, 2.75) is 38.8 Å². The van der Waals surface area contributed by atoms with E-state index in [1.54, 1.807) is 17.3 Å². The molecular weight excluding hydrogens is 294 g/mol. The maximum Gasteiger partial charge on any atom is 0.235 e. The molecule has 2 aromatic rings. The van der Waals surface area contributed by atoms with Crippen molar-refractivity contribution in [3.05, 3.63) is 24.8 Å². The smallest absolute Gasteiger partial charge is 0.235 e. The van der Waals surface area contributed by atoms with Gasteiger partial charge in [-0.05, 0) is 12.8 Å². The van der Waals surface area contributed by atoms with E-state index in [1.165, 1.54) is 0 Å². The zero-order valence-electron chi connectivity index (χ0n) is 12.9. The van der Waals surface area contributed by atoms with Gasteiger partial charge in [-0.2, -0.15) is 4.99 Å². The highest BCUT2D eigenvalue weighted by atomic mass is 15.4. The summed E-state index contributed by atoms with van der Waals surface area (Å²) in [6.45, 7) is 1.67. The number of nitrogens with zero attached hydrogens (tertiary/aromatic N) is 6. The van der Waals surface area contributed by atoms with Crippen LogP contribution in [0.15, 0.2) is 29.8 Å². The van der Waals surface area contributed by atoms with Gasteiger partial charge in [-0.3, -0.25) is 5.41 Å². The van der Waals surface area contributed by atoms with Gasteiger partial charge in [-0.25, -0.2) is 14.9 Å². The van der Waals surface area contributed by atoms with E-state index in [2.05, 4.69) is 15.0 Å². The molecule has 9 nitrogen and oxygen atoms in total. The van der Waals surface area contributed by atoms with E-state index in [1.807, 2.05) is 21.5 Å². The molecule has 0 radical (unpaired) electrons. The van der Waals surface area contributed by atoms with Crippen LogP contribution in [-0.4, -0.2) is 31.0 Å². The van der Waals surface area contributed by atoms with E-state index in [0.29, 0.717) is 11.9 Å². The first-order valence-electron chi connectivity index (χ1n) is 7.67. The van der Waals surface area contributed by atoms with Gasteiger partial charge >= 0.3 is 0 Å². The van der Waals surface area contributed by atoms with Gasteiger partial charge in [0.2, 0.25) is 17.9 Å². The molecule has 0 unspecified atom stereocenters. The number of aryl methyl sites for hydroxylation is 2. The average Bonchev–Trinajstić information content (AvgIpc) is 3.12. The van der Waals surface area contributed by atoms with Crippen LogP contribution in [0.3, 0.4) is 0 Å². The van der Waals surface area contributed by atoms with Gasteiger partial charge in [0.1, 0.15) is 0 Å². The summed E-state index contributed by atoms with van der Waals surface area (Å²) in [7, 11) is 0. The van der Waals surface area contributed by atoms with Crippen LogP contribution in [0.5, 0.6) is 0 Å². The van der Waals surface area contributed by atoms with Crippen molar-refractivity contribution < 1.29 is 0 Å². The molecule has 3 rings (SSSR count). The number of nitrogens with one attached hydrogen (secondary N) is 1. The molecule has 0 aliphatic carbocycles. The normalized spacial score (nSPS) is 15.2. The third-order valence-electron chi connectivity index (χ3n) is 3.78. The second-order valence-electron chi connectivity index (χ2n) is 5.45. The SMILES string of the molecule is N=C(N=C(N)N)N1c2nccn2CCCCCCn2ccnc21. The lowest BCUT2D eigenvalue weighted by Crippen LogP contribution is -2.33. The summed E-state index contributed by atoms with van der Waals surface area (Å²) in [6.07, 6.45) is 11.7. The Balaban J connectivity index is 2.10. The summed E-state index contributed by atoms with van der Waals surface area (Å²) < 4.78 is 4.00. The van der Waals surface area contributed by atoms with Gasteiger partial charge in [-0.1, -0.05) is 12.8 Å². The van der Waals surface area contributed by atoms with E-state index in [4.69, 9.17) is 16.9 Å². The Morgan fingerprint density at radius 3 is 1.96 bits per heavy atom. The van der Waals surface area contributed by atoms with Crippen LogP contribution in [0, 0.1) is 5.41 Å². The number of hydrogen-bond acceptors (Lipinski definition) is 3. The molecule has 0 bridgehead atoms. The third-order valence-corrected chi connectivity index (χ3v) is 3.78. The summed E-state index contributed by atoms with van der Waals surface area (Å²) in [5.41, 5.74) is 10.9. The molecule has 1 aliphatic rings. The van der Waals surface area contributed by atoms with E-state index >= 15 is 0 Å². The number of anilines is 2. The third kappa shape index (κ3) is 3.17. The minimum atomic E-state index is -0.166. The van der Waals surface area contributed by atoms with E-state index in [-0.39, 0.29) is 11.9 Å². The van der Waals surface area contributed by atoms with Gasteiger partial charge < -0.3 is 20.6 Å². The summed E-state index contributed by atoms with van der Waals surface area (Å²) in [5.74, 6) is 0.911. The van der Waals surface area contributed by atoms with Crippen molar-refractivity contribution in [2.75, 3.05) is 4.90 Å². The second-order valence-corrected chi connectivity index (χ2v) is 5.45. The zero-order valence-corrected chi connectivity index (χ0v) is 12.9. The number of aliphatic imine (C=N–C) groups is 1. The molecule has 5 N–H and O–H groups in total. The van der Waals surface area contributed by atoms with Crippen LogP contribution < -0.4 is 16.4 Å². The second kappa shape index (κ2) is 6.51. The van der Waals surface area contributed by atoms with E-state index in [9.17, 15) is 0 Å². The molecular formula is C14H21N9. The van der Waals surface area contributed by atoms with E-state index < -0.39 is 0 Å². The van der Waals surface area contributed by atoms with Crippen molar-refractivity contribution in [3.63, 3.8) is 0 Å². The molecule has 0 saturated heterocycles. The molecule has 23 heavy (non-hydrogen) atoms. The summed E-state index contributed by atoms with van der Waals surface area (Å²) in [6, 6.07) is 0. The predicted octanol–water partition coefficient (Wildman–Crippen LogP) is 1.000. The number of fused-ring (bicyclic) bond motifs is 2. The van der Waals surface area contributed by atoms with E-state index in [0.717, 1.165) is 38.8 Å². The zero-order chi connectivity index (χ0) is 16.2. The number of imidazole rings is 2. The average molecular weight is 315 g/mol. The fourth-order valence-corrected chi connectivity index (χ4v) is 2.73. The maximum absolute atomic E-state index is 8.27. The monoisotopic (exact) mass is 315 g/mol. The van der Waals surface area contributed by atoms with Gasteiger partial charge in [0.25, 0.3) is 0 Å². The Morgan fingerprint density at radius 2 is 1.48 bits per heavy atom. The summed E-state index contributed by atoms with van der Waals surface area (Å²) in [5, 5.41) is 8.27. The lowest BCUT2D eigenvalue weighted by molar-refractivity contribution is 0.549. The summed E-state index contributed by atoms with van der Waals surface area (Å²) in [4.78, 5) is 14.2. The van der Waals surface area contributed by atoms with Gasteiger partial charge in [0.15, 0.2) is 5.96 Å². The van der Waals surface area contributed by atoms with Crippen molar-refractivity contribution >= 4 is 23.8 Å². The first-order valence-corrected chi connectivity index (χ1v) is 7.67. The number of nitrogens with two attached hydrogens (primary N) is 2. The molecule has 122 valence electrons. The highest BCUT2D eigenvalue weighted by molar-refractivity contribution is 6.04. The van der Waals surface area contributed by atoms with Gasteiger partial charge in [0.05, 0.1) is 0 Å².